The molecule has 0 aromatic heterocycles. The van der Waals surface area contributed by atoms with Crippen LogP contribution in [0.25, 0.3) is 0 Å². The molecule has 0 amide bonds. The van der Waals surface area contributed by atoms with E-state index in [2.05, 4.69) is 17.0 Å². The van der Waals surface area contributed by atoms with Crippen molar-refractivity contribution in [2.24, 2.45) is 0 Å². The molecule has 1 N–H and O–H groups in total. The van der Waals surface area contributed by atoms with Crippen LogP contribution >= 0.6 is 0 Å². The van der Waals surface area contributed by atoms with Crippen LogP contribution in [0.2, 0.25) is 0 Å². The van der Waals surface area contributed by atoms with Crippen molar-refractivity contribution < 1.29 is 9.90 Å². The van der Waals surface area contributed by atoms with Crippen molar-refractivity contribution in [1.29, 1.82) is 0 Å². The highest BCUT2D eigenvalue weighted by Gasteiger charge is 2.26. The Morgan fingerprint density at radius 3 is 2.68 bits per heavy atom. The molecule has 0 heterocycles. The normalized spacial score (nSPS) is 20.5. The molecule has 1 saturated carbocycles. The van der Waals surface area contributed by atoms with Crippen molar-refractivity contribution in [3.05, 3.63) is 35.9 Å². The van der Waals surface area contributed by atoms with E-state index >= 15 is 0 Å². The van der Waals surface area contributed by atoms with Crippen LogP contribution in [0.4, 0.5) is 0 Å². The third-order valence-corrected chi connectivity index (χ3v) is 3.83. The van der Waals surface area contributed by atoms with Gasteiger partial charge in [0.25, 0.3) is 0 Å². The minimum Gasteiger partial charge on any atom is -0.395 e. The van der Waals surface area contributed by atoms with Crippen LogP contribution in [-0.2, 0) is 11.3 Å². The van der Waals surface area contributed by atoms with Crippen molar-refractivity contribution in [3.63, 3.8) is 0 Å². The summed E-state index contributed by atoms with van der Waals surface area (Å²) in [7, 11) is 0. The van der Waals surface area contributed by atoms with Gasteiger partial charge in [0.05, 0.1) is 12.6 Å². The van der Waals surface area contributed by atoms with E-state index in [-0.39, 0.29) is 12.6 Å². The second-order valence-corrected chi connectivity index (χ2v) is 5.26. The van der Waals surface area contributed by atoms with Crippen LogP contribution in [0.15, 0.2) is 30.3 Å². The monoisotopic (exact) mass is 261 g/mol. The van der Waals surface area contributed by atoms with Crippen molar-refractivity contribution in [2.45, 2.75) is 44.7 Å². The molecule has 0 radical (unpaired) electrons. The predicted molar refractivity (Wildman–Crippen MR) is 75.8 cm³/mol. The molecule has 2 rings (SSSR count). The summed E-state index contributed by atoms with van der Waals surface area (Å²) in [6.45, 7) is 1.43. The van der Waals surface area contributed by atoms with E-state index in [0.29, 0.717) is 18.7 Å². The SMILES string of the molecule is O=C1CCCCCC1N(CCO)Cc1ccccc1. The van der Waals surface area contributed by atoms with Gasteiger partial charge in [-0.15, -0.1) is 0 Å². The Morgan fingerprint density at radius 1 is 1.16 bits per heavy atom. The van der Waals surface area contributed by atoms with Crippen molar-refractivity contribution in [1.82, 2.24) is 4.90 Å². The van der Waals surface area contributed by atoms with Crippen LogP contribution in [0.1, 0.15) is 37.7 Å². The number of carbonyl (C=O) groups excluding carboxylic acids is 1. The largest absolute Gasteiger partial charge is 0.395 e. The number of rotatable bonds is 5. The fourth-order valence-corrected chi connectivity index (χ4v) is 2.82. The molecule has 3 heteroatoms. The predicted octanol–water partition coefficient (Wildman–Crippen LogP) is 2.38. The van der Waals surface area contributed by atoms with Gasteiger partial charge in [-0.25, -0.2) is 0 Å². The van der Waals surface area contributed by atoms with Gasteiger partial charge in [-0.2, -0.15) is 0 Å². The summed E-state index contributed by atoms with van der Waals surface area (Å²) in [4.78, 5) is 14.3. The lowest BCUT2D eigenvalue weighted by Gasteiger charge is -2.29. The lowest BCUT2D eigenvalue weighted by Crippen LogP contribution is -2.41. The van der Waals surface area contributed by atoms with Gasteiger partial charge < -0.3 is 5.11 Å². The quantitative estimate of drug-likeness (QED) is 0.827. The van der Waals surface area contributed by atoms with Gasteiger partial charge in [-0.3, -0.25) is 9.69 Å². The van der Waals surface area contributed by atoms with Gasteiger partial charge in [0.2, 0.25) is 0 Å². The van der Waals surface area contributed by atoms with Gasteiger partial charge in [0.15, 0.2) is 0 Å². The topological polar surface area (TPSA) is 40.5 Å². The van der Waals surface area contributed by atoms with Crippen LogP contribution in [0, 0.1) is 0 Å². The first-order valence-electron chi connectivity index (χ1n) is 7.23. The summed E-state index contributed by atoms with van der Waals surface area (Å²) in [5.74, 6) is 0.349. The summed E-state index contributed by atoms with van der Waals surface area (Å²) in [6.07, 6.45) is 4.92. The van der Waals surface area contributed by atoms with Crippen LogP contribution in [-0.4, -0.2) is 35.0 Å². The molecule has 1 unspecified atom stereocenters. The molecule has 1 aromatic carbocycles. The maximum atomic E-state index is 12.2. The molecule has 1 fully saturated rings. The van der Waals surface area contributed by atoms with Crippen molar-refractivity contribution in [3.8, 4) is 0 Å². The molecule has 0 spiro atoms. The highest BCUT2D eigenvalue weighted by molar-refractivity contribution is 5.84. The molecule has 0 bridgehead atoms. The number of carbonyl (C=O) groups is 1. The van der Waals surface area contributed by atoms with E-state index < -0.39 is 0 Å². The summed E-state index contributed by atoms with van der Waals surface area (Å²) in [5, 5.41) is 9.25. The molecule has 3 nitrogen and oxygen atoms in total. The average molecular weight is 261 g/mol. The maximum Gasteiger partial charge on any atom is 0.149 e. The van der Waals surface area contributed by atoms with Gasteiger partial charge >= 0.3 is 0 Å². The van der Waals surface area contributed by atoms with E-state index in [1.807, 2.05) is 18.2 Å². The first-order chi connectivity index (χ1) is 9.31. The lowest BCUT2D eigenvalue weighted by atomic mass is 10.0. The number of ketones is 1. The Kier molecular flexibility index (Phi) is 5.55. The smallest absolute Gasteiger partial charge is 0.149 e. The molecule has 0 aliphatic heterocycles. The molecular formula is C16H23NO2. The van der Waals surface area contributed by atoms with Crippen LogP contribution in [0.5, 0.6) is 0 Å². The number of hydrogen-bond donors (Lipinski definition) is 1. The number of aliphatic hydroxyl groups is 1. The highest BCUT2D eigenvalue weighted by atomic mass is 16.3. The summed E-state index contributed by atoms with van der Waals surface area (Å²) < 4.78 is 0. The summed E-state index contributed by atoms with van der Waals surface area (Å²) in [6, 6.07) is 10.2. The molecule has 1 atom stereocenters. The third kappa shape index (κ3) is 4.15. The average Bonchev–Trinajstić information content (AvgIpc) is 2.64. The number of aliphatic hydroxyl groups excluding tert-OH is 1. The number of hydrogen-bond acceptors (Lipinski definition) is 3. The van der Waals surface area contributed by atoms with Crippen molar-refractivity contribution in [2.75, 3.05) is 13.2 Å². The Balaban J connectivity index is 2.07. The second kappa shape index (κ2) is 7.41. The van der Waals surface area contributed by atoms with Crippen LogP contribution < -0.4 is 0 Å². The highest BCUT2D eigenvalue weighted by Crippen LogP contribution is 2.21. The molecule has 1 aliphatic carbocycles. The van der Waals surface area contributed by atoms with Gasteiger partial charge in [0, 0.05) is 19.5 Å². The zero-order valence-corrected chi connectivity index (χ0v) is 11.4. The van der Waals surface area contributed by atoms with Gasteiger partial charge in [-0.05, 0) is 18.4 Å². The molecule has 0 saturated heterocycles. The first-order valence-corrected chi connectivity index (χ1v) is 7.23. The zero-order chi connectivity index (χ0) is 13.5. The fraction of sp³-hybridized carbons (Fsp3) is 0.562. The first kappa shape index (κ1) is 14.2. The maximum absolute atomic E-state index is 12.2. The Bertz CT molecular complexity index is 391. The number of nitrogens with zero attached hydrogens (tertiary/aromatic N) is 1. The van der Waals surface area contributed by atoms with Crippen LogP contribution in [0.3, 0.4) is 0 Å². The zero-order valence-electron chi connectivity index (χ0n) is 11.4. The Hall–Kier alpha value is -1.19. The minimum atomic E-state index is -0.00476. The lowest BCUT2D eigenvalue weighted by molar-refractivity contribution is -0.124. The third-order valence-electron chi connectivity index (χ3n) is 3.83. The van der Waals surface area contributed by atoms with Crippen molar-refractivity contribution >= 4 is 5.78 Å². The minimum absolute atomic E-state index is 0.00476. The van der Waals surface area contributed by atoms with Gasteiger partial charge in [0.1, 0.15) is 5.78 Å². The Morgan fingerprint density at radius 2 is 1.95 bits per heavy atom. The summed E-state index contributed by atoms with van der Waals surface area (Å²) >= 11 is 0. The summed E-state index contributed by atoms with van der Waals surface area (Å²) in [5.41, 5.74) is 1.20. The second-order valence-electron chi connectivity index (χ2n) is 5.26. The van der Waals surface area contributed by atoms with E-state index in [1.54, 1.807) is 0 Å². The molecular weight excluding hydrogens is 238 g/mol. The molecule has 1 aliphatic rings. The Labute approximate surface area is 115 Å². The van der Waals surface area contributed by atoms with E-state index in [9.17, 15) is 9.90 Å². The number of benzene rings is 1. The molecule has 1 aromatic rings. The molecule has 104 valence electrons. The fourth-order valence-electron chi connectivity index (χ4n) is 2.82. The van der Waals surface area contributed by atoms with E-state index in [0.717, 1.165) is 32.2 Å². The standard InChI is InChI=1S/C16H23NO2/c18-12-11-17(13-14-7-3-1-4-8-14)15-9-5-2-6-10-16(15)19/h1,3-4,7-8,15,18H,2,5-6,9-13H2. The molecule has 19 heavy (non-hydrogen) atoms. The van der Waals surface area contributed by atoms with Gasteiger partial charge in [-0.1, -0.05) is 43.2 Å². The van der Waals surface area contributed by atoms with E-state index in [1.165, 1.54) is 5.56 Å². The van der Waals surface area contributed by atoms with E-state index in [4.69, 9.17) is 0 Å². The number of Topliss-reactive ketones (excluding diaryl/α,β-unsaturated/α-hetero) is 1.